The van der Waals surface area contributed by atoms with Crippen LogP contribution in [0.5, 0.6) is 5.75 Å². The Bertz CT molecular complexity index is 1120. The minimum Gasteiger partial charge on any atom is -0.484 e. The SMILES string of the molecule is CC1(N(C(=O)COc2ccccc2)[C@@H](CCCN=C(N)N)C(=O)Nc2ccc([N+](=O)[O-])cc2)CCCCN1.Cl. The lowest BCUT2D eigenvalue weighted by molar-refractivity contribution is -0.384. The zero-order chi connectivity index (χ0) is 27.5. The lowest BCUT2D eigenvalue weighted by atomic mass is 9.94. The van der Waals surface area contributed by atoms with Gasteiger partial charge in [0.2, 0.25) is 5.91 Å². The zero-order valence-corrected chi connectivity index (χ0v) is 22.7. The van der Waals surface area contributed by atoms with E-state index in [9.17, 15) is 19.7 Å². The number of nitro benzene ring substituents is 1. The molecule has 0 aromatic heterocycles. The smallest absolute Gasteiger partial charge is 0.269 e. The third-order valence-corrected chi connectivity index (χ3v) is 6.39. The molecule has 0 aliphatic carbocycles. The van der Waals surface area contributed by atoms with Crippen LogP contribution in [0.25, 0.3) is 0 Å². The van der Waals surface area contributed by atoms with Crippen molar-refractivity contribution >= 4 is 41.6 Å². The number of non-ortho nitro benzene ring substituents is 1. The molecule has 0 spiro atoms. The van der Waals surface area contributed by atoms with Crippen molar-refractivity contribution in [2.75, 3.05) is 25.0 Å². The van der Waals surface area contributed by atoms with Crippen LogP contribution in [0.2, 0.25) is 0 Å². The van der Waals surface area contributed by atoms with Crippen LogP contribution in [0.15, 0.2) is 59.6 Å². The minimum absolute atomic E-state index is 0. The molecular formula is C26H36ClN7O5. The third kappa shape index (κ3) is 9.11. The maximum Gasteiger partial charge on any atom is 0.269 e. The molecule has 1 heterocycles. The molecule has 2 aromatic carbocycles. The maximum atomic E-state index is 13.7. The van der Waals surface area contributed by atoms with Gasteiger partial charge < -0.3 is 26.4 Å². The van der Waals surface area contributed by atoms with Crippen LogP contribution in [0.3, 0.4) is 0 Å². The monoisotopic (exact) mass is 561 g/mol. The molecule has 12 nitrogen and oxygen atoms in total. The van der Waals surface area contributed by atoms with Gasteiger partial charge in [0.05, 0.1) is 10.6 Å². The number of hydrogen-bond donors (Lipinski definition) is 4. The minimum atomic E-state index is -0.887. The molecule has 1 unspecified atom stereocenters. The number of guanidine groups is 1. The van der Waals surface area contributed by atoms with Gasteiger partial charge >= 0.3 is 0 Å². The number of nitrogens with one attached hydrogen (secondary N) is 2. The van der Waals surface area contributed by atoms with Gasteiger partial charge in [-0.1, -0.05) is 18.2 Å². The first-order valence-electron chi connectivity index (χ1n) is 12.6. The maximum absolute atomic E-state index is 13.7. The van der Waals surface area contributed by atoms with Crippen LogP contribution < -0.4 is 26.8 Å². The number of anilines is 1. The Morgan fingerprint density at radius 3 is 2.46 bits per heavy atom. The summed E-state index contributed by atoms with van der Waals surface area (Å²) in [6, 6.07) is 13.6. The second-order valence-electron chi connectivity index (χ2n) is 9.28. The molecule has 0 saturated carbocycles. The van der Waals surface area contributed by atoms with Gasteiger partial charge in [0, 0.05) is 24.4 Å². The molecule has 2 amide bonds. The van der Waals surface area contributed by atoms with Gasteiger partial charge in [-0.15, -0.1) is 12.4 Å². The molecule has 1 aliphatic rings. The summed E-state index contributed by atoms with van der Waals surface area (Å²) in [5.74, 6) is -0.286. The summed E-state index contributed by atoms with van der Waals surface area (Å²) >= 11 is 0. The highest BCUT2D eigenvalue weighted by Gasteiger charge is 2.43. The van der Waals surface area contributed by atoms with Crippen LogP contribution in [0, 0.1) is 10.1 Å². The molecule has 1 saturated heterocycles. The van der Waals surface area contributed by atoms with Crippen molar-refractivity contribution in [1.29, 1.82) is 0 Å². The summed E-state index contributed by atoms with van der Waals surface area (Å²) in [5, 5.41) is 17.2. The fourth-order valence-corrected chi connectivity index (χ4v) is 4.53. The summed E-state index contributed by atoms with van der Waals surface area (Å²) in [6.07, 6.45) is 3.22. The Balaban J connectivity index is 0.00000533. The summed E-state index contributed by atoms with van der Waals surface area (Å²) in [4.78, 5) is 43.5. The average molecular weight is 562 g/mol. The number of hydrogen-bond acceptors (Lipinski definition) is 7. The van der Waals surface area contributed by atoms with Crippen LogP contribution in [-0.4, -0.2) is 59.0 Å². The van der Waals surface area contributed by atoms with E-state index < -0.39 is 22.5 Å². The molecular weight excluding hydrogens is 526 g/mol. The zero-order valence-electron chi connectivity index (χ0n) is 21.9. The molecule has 1 fully saturated rings. The second kappa shape index (κ2) is 14.9. The van der Waals surface area contributed by atoms with Gasteiger partial charge in [0.1, 0.15) is 11.8 Å². The summed E-state index contributed by atoms with van der Waals surface area (Å²) < 4.78 is 5.76. The van der Waals surface area contributed by atoms with Crippen LogP contribution >= 0.6 is 12.4 Å². The second-order valence-corrected chi connectivity index (χ2v) is 9.28. The molecule has 0 bridgehead atoms. The molecule has 39 heavy (non-hydrogen) atoms. The number of rotatable bonds is 12. The van der Waals surface area contributed by atoms with Crippen LogP contribution in [0.4, 0.5) is 11.4 Å². The first kappa shape index (κ1) is 31.3. The van der Waals surface area contributed by atoms with Gasteiger partial charge in [0.25, 0.3) is 11.6 Å². The van der Waals surface area contributed by atoms with E-state index >= 15 is 0 Å². The highest BCUT2D eigenvalue weighted by atomic mass is 35.5. The number of carbonyl (C=O) groups is 2. The molecule has 13 heteroatoms. The number of nitrogens with two attached hydrogens (primary N) is 2. The number of nitrogens with zero attached hydrogens (tertiary/aromatic N) is 3. The third-order valence-electron chi connectivity index (χ3n) is 6.39. The number of amides is 2. The summed E-state index contributed by atoms with van der Waals surface area (Å²) in [6.45, 7) is 2.64. The fourth-order valence-electron chi connectivity index (χ4n) is 4.53. The van der Waals surface area contributed by atoms with E-state index in [1.54, 1.807) is 17.0 Å². The Morgan fingerprint density at radius 1 is 1.18 bits per heavy atom. The molecule has 3 rings (SSSR count). The standard InChI is InChI=1S/C26H35N7O5.ClH/c1-26(15-5-6-17-30-26)32(23(34)18-38-21-8-3-2-4-9-21)22(10-7-16-29-25(27)28)24(35)31-19-11-13-20(14-12-19)33(36)37;/h2-4,8-9,11-14,22,30H,5-7,10,15-18H2,1H3,(H,31,35)(H4,27,28,29);1H/t22-,26?;/m0./s1. The van der Waals surface area contributed by atoms with Crippen molar-refractivity contribution in [3.05, 3.63) is 64.7 Å². The van der Waals surface area contributed by atoms with E-state index in [1.807, 2.05) is 25.1 Å². The number of halogens is 1. The molecule has 0 radical (unpaired) electrons. The van der Waals surface area contributed by atoms with Crippen molar-refractivity contribution in [2.45, 2.75) is 50.7 Å². The Hall–Kier alpha value is -3.90. The van der Waals surface area contributed by atoms with Crippen molar-refractivity contribution in [3.8, 4) is 5.75 Å². The predicted octanol–water partition coefficient (Wildman–Crippen LogP) is 2.77. The van der Waals surface area contributed by atoms with Crippen molar-refractivity contribution in [2.24, 2.45) is 16.5 Å². The van der Waals surface area contributed by atoms with E-state index in [0.717, 1.165) is 12.8 Å². The molecule has 212 valence electrons. The Labute approximate surface area is 233 Å². The van der Waals surface area contributed by atoms with Crippen LogP contribution in [0.1, 0.15) is 39.0 Å². The number of para-hydroxylation sites is 1. The van der Waals surface area contributed by atoms with Crippen LogP contribution in [-0.2, 0) is 9.59 Å². The van der Waals surface area contributed by atoms with Gasteiger partial charge in [-0.2, -0.15) is 0 Å². The molecule has 2 aromatic rings. The van der Waals surface area contributed by atoms with Gasteiger partial charge in [-0.3, -0.25) is 30.0 Å². The fraction of sp³-hybridized carbons (Fsp3) is 0.423. The number of benzene rings is 2. The van der Waals surface area contributed by atoms with E-state index in [2.05, 4.69) is 15.6 Å². The van der Waals surface area contributed by atoms with E-state index in [0.29, 0.717) is 30.8 Å². The number of carbonyl (C=O) groups excluding carboxylic acids is 2. The normalized spacial score (nSPS) is 17.2. The first-order chi connectivity index (χ1) is 18.2. The predicted molar refractivity (Wildman–Crippen MR) is 152 cm³/mol. The van der Waals surface area contributed by atoms with E-state index in [4.69, 9.17) is 16.2 Å². The number of nitro groups is 1. The van der Waals surface area contributed by atoms with Crippen molar-refractivity contribution in [3.63, 3.8) is 0 Å². The highest BCUT2D eigenvalue weighted by Crippen LogP contribution is 2.28. The quantitative estimate of drug-likeness (QED) is 0.100. The number of ether oxygens (including phenoxy) is 1. The molecule has 1 aliphatic heterocycles. The summed E-state index contributed by atoms with van der Waals surface area (Å²) in [7, 11) is 0. The average Bonchev–Trinajstić information content (AvgIpc) is 2.90. The van der Waals surface area contributed by atoms with Crippen molar-refractivity contribution in [1.82, 2.24) is 10.2 Å². The van der Waals surface area contributed by atoms with E-state index in [1.165, 1.54) is 24.3 Å². The highest BCUT2D eigenvalue weighted by molar-refractivity contribution is 5.97. The number of aliphatic imine (C=N–C) groups is 1. The lowest BCUT2D eigenvalue weighted by Crippen LogP contribution is -2.66. The topological polar surface area (TPSA) is 178 Å². The molecule has 6 N–H and O–H groups in total. The number of piperidine rings is 1. The lowest BCUT2D eigenvalue weighted by Gasteiger charge is -2.47. The van der Waals surface area contributed by atoms with Gasteiger partial charge in [-0.05, 0) is 69.8 Å². The Kier molecular flexibility index (Phi) is 12.0. The first-order valence-corrected chi connectivity index (χ1v) is 12.6. The van der Waals surface area contributed by atoms with E-state index in [-0.39, 0.29) is 49.5 Å². The molecule has 2 atom stereocenters. The van der Waals surface area contributed by atoms with Crippen molar-refractivity contribution < 1.29 is 19.2 Å². The van der Waals surface area contributed by atoms with Gasteiger partial charge in [-0.25, -0.2) is 0 Å². The summed E-state index contributed by atoms with van der Waals surface area (Å²) in [5.41, 5.74) is 10.4. The van der Waals surface area contributed by atoms with Gasteiger partial charge in [0.15, 0.2) is 12.6 Å². The Morgan fingerprint density at radius 2 is 1.87 bits per heavy atom. The largest absolute Gasteiger partial charge is 0.484 e.